The molecule has 0 fully saturated rings. The van der Waals surface area contributed by atoms with Crippen molar-refractivity contribution in [1.82, 2.24) is 9.55 Å². The number of carbonyl (C=O) groups is 1. The SMILES string of the molecule is CCn1cc(NC(=O)c2csc(NC)n2)ccc1=O. The number of hydrogen-bond acceptors (Lipinski definition) is 5. The summed E-state index contributed by atoms with van der Waals surface area (Å²) < 4.78 is 1.52. The summed E-state index contributed by atoms with van der Waals surface area (Å²) in [5, 5.41) is 7.95. The first kappa shape index (κ1) is 13.3. The molecule has 2 aromatic heterocycles. The third-order valence-corrected chi connectivity index (χ3v) is 3.39. The highest BCUT2D eigenvalue weighted by atomic mass is 32.1. The first-order valence-corrected chi connectivity index (χ1v) is 6.67. The van der Waals surface area contributed by atoms with Gasteiger partial charge in [-0.2, -0.15) is 0 Å². The van der Waals surface area contributed by atoms with Gasteiger partial charge in [0, 0.05) is 31.2 Å². The fraction of sp³-hybridized carbons (Fsp3) is 0.250. The number of nitrogens with one attached hydrogen (secondary N) is 2. The summed E-state index contributed by atoms with van der Waals surface area (Å²) in [6.45, 7) is 2.43. The van der Waals surface area contributed by atoms with Crippen LogP contribution in [0.3, 0.4) is 0 Å². The van der Waals surface area contributed by atoms with E-state index in [0.717, 1.165) is 0 Å². The maximum Gasteiger partial charge on any atom is 0.275 e. The molecule has 0 atom stereocenters. The molecule has 6 nitrogen and oxygen atoms in total. The zero-order valence-corrected chi connectivity index (χ0v) is 11.5. The lowest BCUT2D eigenvalue weighted by Gasteiger charge is -2.06. The van der Waals surface area contributed by atoms with E-state index in [0.29, 0.717) is 23.1 Å². The molecule has 2 rings (SSSR count). The Kier molecular flexibility index (Phi) is 3.96. The molecule has 0 bridgehead atoms. The maximum atomic E-state index is 11.9. The molecular formula is C12H14N4O2S. The Bertz CT molecular complexity index is 647. The van der Waals surface area contributed by atoms with Crippen molar-refractivity contribution in [3.63, 3.8) is 0 Å². The second kappa shape index (κ2) is 5.66. The van der Waals surface area contributed by atoms with Crippen LogP contribution in [0.1, 0.15) is 17.4 Å². The topological polar surface area (TPSA) is 76.0 Å². The molecule has 0 aromatic carbocycles. The van der Waals surface area contributed by atoms with Crippen molar-refractivity contribution < 1.29 is 4.79 Å². The Morgan fingerprint density at radius 1 is 1.47 bits per heavy atom. The van der Waals surface area contributed by atoms with E-state index in [4.69, 9.17) is 0 Å². The molecule has 0 unspecified atom stereocenters. The van der Waals surface area contributed by atoms with Crippen LogP contribution < -0.4 is 16.2 Å². The van der Waals surface area contributed by atoms with Gasteiger partial charge in [0.05, 0.1) is 5.69 Å². The van der Waals surface area contributed by atoms with Gasteiger partial charge in [-0.05, 0) is 13.0 Å². The zero-order chi connectivity index (χ0) is 13.8. The van der Waals surface area contributed by atoms with E-state index in [1.54, 1.807) is 24.7 Å². The first-order valence-electron chi connectivity index (χ1n) is 5.79. The molecule has 1 amide bonds. The molecule has 0 aliphatic rings. The van der Waals surface area contributed by atoms with Crippen LogP contribution in [0.4, 0.5) is 10.8 Å². The van der Waals surface area contributed by atoms with Crippen molar-refractivity contribution in [2.45, 2.75) is 13.5 Å². The molecule has 0 aliphatic carbocycles. The predicted octanol–water partition coefficient (Wildman–Crippen LogP) is 1.62. The minimum absolute atomic E-state index is 0.0911. The molecule has 2 heterocycles. The summed E-state index contributed by atoms with van der Waals surface area (Å²) in [6, 6.07) is 3.01. The number of thiazole rings is 1. The van der Waals surface area contributed by atoms with Crippen LogP contribution in [-0.2, 0) is 6.54 Å². The standard InChI is InChI=1S/C12H14N4O2S/c1-3-16-6-8(4-5-10(16)17)14-11(18)9-7-19-12(13-2)15-9/h4-7H,3H2,1-2H3,(H,13,15)(H,14,18). The van der Waals surface area contributed by atoms with Crippen molar-refractivity contribution in [3.05, 3.63) is 39.8 Å². The van der Waals surface area contributed by atoms with Crippen molar-refractivity contribution in [3.8, 4) is 0 Å². The smallest absolute Gasteiger partial charge is 0.275 e. The quantitative estimate of drug-likeness (QED) is 0.891. The Hall–Kier alpha value is -2.15. The van der Waals surface area contributed by atoms with Crippen LogP contribution in [0.15, 0.2) is 28.5 Å². The van der Waals surface area contributed by atoms with Crippen LogP contribution >= 0.6 is 11.3 Å². The number of amides is 1. The van der Waals surface area contributed by atoms with Crippen molar-refractivity contribution in [2.24, 2.45) is 0 Å². The third kappa shape index (κ3) is 3.00. The molecule has 0 saturated heterocycles. The van der Waals surface area contributed by atoms with Gasteiger partial charge in [-0.15, -0.1) is 11.3 Å². The van der Waals surface area contributed by atoms with Crippen molar-refractivity contribution in [1.29, 1.82) is 0 Å². The van der Waals surface area contributed by atoms with E-state index >= 15 is 0 Å². The number of aryl methyl sites for hydroxylation is 1. The van der Waals surface area contributed by atoms with E-state index < -0.39 is 0 Å². The number of pyridine rings is 1. The largest absolute Gasteiger partial charge is 0.365 e. The Morgan fingerprint density at radius 3 is 2.89 bits per heavy atom. The number of nitrogens with zero attached hydrogens (tertiary/aromatic N) is 2. The van der Waals surface area contributed by atoms with Gasteiger partial charge >= 0.3 is 0 Å². The summed E-state index contributed by atoms with van der Waals surface area (Å²) in [4.78, 5) is 27.5. The van der Waals surface area contributed by atoms with Gasteiger partial charge in [0.25, 0.3) is 11.5 Å². The average Bonchev–Trinajstić information content (AvgIpc) is 2.90. The van der Waals surface area contributed by atoms with Crippen LogP contribution in [-0.4, -0.2) is 22.5 Å². The monoisotopic (exact) mass is 278 g/mol. The van der Waals surface area contributed by atoms with Gasteiger partial charge in [-0.3, -0.25) is 9.59 Å². The fourth-order valence-corrected chi connectivity index (χ4v) is 2.19. The molecule has 100 valence electrons. The van der Waals surface area contributed by atoms with Gasteiger partial charge in [0.15, 0.2) is 5.13 Å². The Balaban J connectivity index is 2.16. The van der Waals surface area contributed by atoms with E-state index in [2.05, 4.69) is 15.6 Å². The Labute approximate surface area is 114 Å². The summed E-state index contributed by atoms with van der Waals surface area (Å²) in [6.07, 6.45) is 1.62. The van der Waals surface area contributed by atoms with Crippen LogP contribution in [0, 0.1) is 0 Å². The molecule has 2 aromatic rings. The molecule has 2 N–H and O–H groups in total. The van der Waals surface area contributed by atoms with E-state index in [1.165, 1.54) is 22.0 Å². The highest BCUT2D eigenvalue weighted by molar-refractivity contribution is 7.13. The van der Waals surface area contributed by atoms with Gasteiger partial charge in [0.2, 0.25) is 0 Å². The van der Waals surface area contributed by atoms with Crippen molar-refractivity contribution >= 4 is 28.1 Å². The summed E-state index contributed by atoms with van der Waals surface area (Å²) in [7, 11) is 1.75. The van der Waals surface area contributed by atoms with Crippen LogP contribution in [0.5, 0.6) is 0 Å². The number of rotatable bonds is 4. The molecule has 19 heavy (non-hydrogen) atoms. The minimum Gasteiger partial charge on any atom is -0.365 e. The van der Waals surface area contributed by atoms with Gasteiger partial charge < -0.3 is 15.2 Å². The second-order valence-electron chi connectivity index (χ2n) is 3.78. The third-order valence-electron chi connectivity index (χ3n) is 2.53. The first-order chi connectivity index (χ1) is 9.13. The molecule has 0 radical (unpaired) electrons. The van der Waals surface area contributed by atoms with Gasteiger partial charge in [-0.1, -0.05) is 0 Å². The number of aromatic nitrogens is 2. The fourth-order valence-electron chi connectivity index (χ4n) is 1.54. The maximum absolute atomic E-state index is 11.9. The number of hydrogen-bond donors (Lipinski definition) is 2. The van der Waals surface area contributed by atoms with E-state index in [1.807, 2.05) is 6.92 Å². The van der Waals surface area contributed by atoms with E-state index in [9.17, 15) is 9.59 Å². The molecule has 7 heteroatoms. The molecule has 0 saturated carbocycles. The lowest BCUT2D eigenvalue weighted by molar-refractivity contribution is 0.102. The highest BCUT2D eigenvalue weighted by Gasteiger charge is 2.10. The predicted molar refractivity (Wildman–Crippen MR) is 76.0 cm³/mol. The summed E-state index contributed by atoms with van der Waals surface area (Å²) in [5.74, 6) is -0.293. The average molecular weight is 278 g/mol. The molecule has 0 spiro atoms. The number of carbonyl (C=O) groups excluding carboxylic acids is 1. The highest BCUT2D eigenvalue weighted by Crippen LogP contribution is 2.15. The van der Waals surface area contributed by atoms with Crippen LogP contribution in [0.2, 0.25) is 0 Å². The Morgan fingerprint density at radius 2 is 2.26 bits per heavy atom. The normalized spacial score (nSPS) is 10.2. The zero-order valence-electron chi connectivity index (χ0n) is 10.6. The summed E-state index contributed by atoms with van der Waals surface area (Å²) >= 11 is 1.36. The summed E-state index contributed by atoms with van der Waals surface area (Å²) in [5.41, 5.74) is 0.834. The minimum atomic E-state index is -0.293. The van der Waals surface area contributed by atoms with Crippen LogP contribution in [0.25, 0.3) is 0 Å². The van der Waals surface area contributed by atoms with Gasteiger partial charge in [-0.25, -0.2) is 4.98 Å². The number of anilines is 2. The van der Waals surface area contributed by atoms with E-state index in [-0.39, 0.29) is 11.5 Å². The second-order valence-corrected chi connectivity index (χ2v) is 4.64. The molecule has 0 aliphatic heterocycles. The van der Waals surface area contributed by atoms with Crippen molar-refractivity contribution in [2.75, 3.05) is 17.7 Å². The lowest BCUT2D eigenvalue weighted by Crippen LogP contribution is -2.19. The van der Waals surface area contributed by atoms with Gasteiger partial charge in [0.1, 0.15) is 5.69 Å². The lowest BCUT2D eigenvalue weighted by atomic mass is 10.3. The molecular weight excluding hydrogens is 264 g/mol.